The molecule has 0 N–H and O–H groups in total. The van der Waals surface area contributed by atoms with Gasteiger partial charge in [-0.3, -0.25) is 4.40 Å². The Morgan fingerprint density at radius 1 is 0.364 bits per heavy atom. The second-order valence-corrected chi connectivity index (χ2v) is 18.2. The van der Waals surface area contributed by atoms with Crippen molar-refractivity contribution >= 4 is 54.3 Å². The molecule has 0 radical (unpaired) electrons. The monoisotopic (exact) mass is 858 g/mol. The van der Waals surface area contributed by atoms with Gasteiger partial charge in [-0.25, -0.2) is 0 Å². The Kier molecular flexibility index (Phi) is 8.97. The van der Waals surface area contributed by atoms with Crippen molar-refractivity contribution in [1.82, 2.24) is 4.40 Å². The SMILES string of the molecule is c1ccc(-c2c3ccccc3n3c2sc2cccc(-c4ccc(N(c5ccccc5)c5ccc(-c6ccc7c(c6)C(c6ccccc6)(c6ccccc6)c6ccccc6-7)cc5)cc4)c23)cc1. The van der Waals surface area contributed by atoms with Crippen LogP contribution >= 0.6 is 11.3 Å². The lowest BCUT2D eigenvalue weighted by atomic mass is 9.67. The first-order valence-corrected chi connectivity index (χ1v) is 23.5. The van der Waals surface area contributed by atoms with E-state index in [1.807, 2.05) is 11.3 Å². The Bertz CT molecular complexity index is 3680. The fourth-order valence-electron chi connectivity index (χ4n) is 10.8. The van der Waals surface area contributed by atoms with Crippen molar-refractivity contribution in [2.45, 2.75) is 5.41 Å². The van der Waals surface area contributed by atoms with Crippen LogP contribution in [0.3, 0.4) is 0 Å². The molecule has 12 aromatic rings. The minimum Gasteiger partial charge on any atom is -0.311 e. The summed E-state index contributed by atoms with van der Waals surface area (Å²) in [7, 11) is 0. The molecule has 310 valence electrons. The maximum atomic E-state index is 2.49. The van der Waals surface area contributed by atoms with Gasteiger partial charge in [0.2, 0.25) is 0 Å². The zero-order valence-corrected chi connectivity index (χ0v) is 36.9. The van der Waals surface area contributed by atoms with E-state index in [0.717, 1.165) is 17.1 Å². The van der Waals surface area contributed by atoms with Crippen LogP contribution in [0.25, 0.3) is 70.5 Å². The normalized spacial score (nSPS) is 12.7. The fraction of sp³-hybridized carbons (Fsp3) is 0.0159. The van der Waals surface area contributed by atoms with Crippen LogP contribution in [-0.2, 0) is 5.41 Å². The number of hydrogen-bond acceptors (Lipinski definition) is 2. The molecule has 0 amide bonds. The molecule has 0 aliphatic heterocycles. The highest BCUT2D eigenvalue weighted by Gasteiger charge is 2.46. The summed E-state index contributed by atoms with van der Waals surface area (Å²) < 4.78 is 3.77. The summed E-state index contributed by atoms with van der Waals surface area (Å²) in [5.41, 5.74) is 20.4. The minimum atomic E-state index is -0.442. The largest absolute Gasteiger partial charge is 0.311 e. The highest BCUT2D eigenvalue weighted by atomic mass is 32.1. The lowest BCUT2D eigenvalue weighted by Crippen LogP contribution is -2.28. The Labute approximate surface area is 388 Å². The van der Waals surface area contributed by atoms with Gasteiger partial charge in [-0.2, -0.15) is 0 Å². The highest BCUT2D eigenvalue weighted by Crippen LogP contribution is 2.57. The van der Waals surface area contributed by atoms with E-state index in [9.17, 15) is 0 Å². The van der Waals surface area contributed by atoms with E-state index in [4.69, 9.17) is 0 Å². The molecule has 13 rings (SSSR count). The van der Waals surface area contributed by atoms with Crippen LogP contribution in [-0.4, -0.2) is 4.40 Å². The van der Waals surface area contributed by atoms with Gasteiger partial charge in [0.15, 0.2) is 0 Å². The van der Waals surface area contributed by atoms with Crippen molar-refractivity contribution in [1.29, 1.82) is 0 Å². The predicted molar refractivity (Wildman–Crippen MR) is 279 cm³/mol. The third-order valence-electron chi connectivity index (χ3n) is 13.7. The number of benzene rings is 10. The Morgan fingerprint density at radius 2 is 0.894 bits per heavy atom. The molecule has 0 fully saturated rings. The van der Waals surface area contributed by atoms with Gasteiger partial charge in [0, 0.05) is 33.6 Å². The number of thiazole rings is 1. The standard InChI is InChI=1S/C63H42N2S/c1-5-18-45(19-6-1)60-55-27-14-16-30-58(55)65-61-52(28-17-31-59(61)66-62(60)65)44-34-39-51(40-35-44)64(49-24-11-4-12-25-49)50-37-32-43(33-38-50)46-36-41-54-53-26-13-15-29-56(53)63(57(54)42-46,47-20-7-2-8-21-47)48-22-9-3-10-23-48/h1-42H. The summed E-state index contributed by atoms with van der Waals surface area (Å²) in [6, 6.07) is 93.4. The molecule has 1 aliphatic carbocycles. The Hall–Kier alpha value is -8.24. The van der Waals surface area contributed by atoms with Gasteiger partial charge in [-0.05, 0) is 110 Å². The van der Waals surface area contributed by atoms with Crippen molar-refractivity contribution in [2.75, 3.05) is 4.90 Å². The first-order valence-electron chi connectivity index (χ1n) is 22.7. The molecule has 0 unspecified atom stereocenters. The predicted octanol–water partition coefficient (Wildman–Crippen LogP) is 17.1. The first-order chi connectivity index (χ1) is 32.8. The molecule has 0 saturated carbocycles. The molecular weight excluding hydrogens is 817 g/mol. The molecule has 2 heterocycles. The summed E-state index contributed by atoms with van der Waals surface area (Å²) in [5, 5.41) is 1.28. The maximum Gasteiger partial charge on any atom is 0.109 e. The number of hydrogen-bond donors (Lipinski definition) is 0. The number of aromatic nitrogens is 1. The second kappa shape index (κ2) is 15.5. The molecule has 0 saturated heterocycles. The highest BCUT2D eigenvalue weighted by molar-refractivity contribution is 7.24. The van der Waals surface area contributed by atoms with Gasteiger partial charge < -0.3 is 4.90 Å². The van der Waals surface area contributed by atoms with Crippen molar-refractivity contribution in [3.63, 3.8) is 0 Å². The molecule has 2 aromatic heterocycles. The molecule has 0 bridgehead atoms. The van der Waals surface area contributed by atoms with Gasteiger partial charge in [-0.1, -0.05) is 200 Å². The van der Waals surface area contributed by atoms with Gasteiger partial charge >= 0.3 is 0 Å². The Balaban J connectivity index is 0.895. The van der Waals surface area contributed by atoms with Crippen LogP contribution in [0.1, 0.15) is 22.3 Å². The van der Waals surface area contributed by atoms with Crippen molar-refractivity contribution in [2.24, 2.45) is 0 Å². The van der Waals surface area contributed by atoms with Crippen LogP contribution in [0.2, 0.25) is 0 Å². The average molecular weight is 859 g/mol. The zero-order valence-electron chi connectivity index (χ0n) is 36.1. The molecule has 10 aromatic carbocycles. The van der Waals surface area contributed by atoms with Gasteiger partial charge in [-0.15, -0.1) is 11.3 Å². The summed E-state index contributed by atoms with van der Waals surface area (Å²) in [5.74, 6) is 0. The van der Waals surface area contributed by atoms with E-state index in [1.54, 1.807) is 0 Å². The topological polar surface area (TPSA) is 7.65 Å². The number of para-hydroxylation sites is 3. The minimum absolute atomic E-state index is 0.442. The molecule has 3 heteroatoms. The summed E-state index contributed by atoms with van der Waals surface area (Å²) in [6.07, 6.45) is 0. The van der Waals surface area contributed by atoms with Crippen LogP contribution in [0.4, 0.5) is 17.1 Å². The lowest BCUT2D eigenvalue weighted by Gasteiger charge is -2.34. The third-order valence-corrected chi connectivity index (χ3v) is 14.8. The van der Waals surface area contributed by atoms with Crippen LogP contribution in [0.5, 0.6) is 0 Å². The summed E-state index contributed by atoms with van der Waals surface area (Å²) in [6.45, 7) is 0. The summed E-state index contributed by atoms with van der Waals surface area (Å²) in [4.78, 5) is 3.63. The molecule has 2 nitrogen and oxygen atoms in total. The van der Waals surface area contributed by atoms with Gasteiger partial charge in [0.25, 0.3) is 0 Å². The second-order valence-electron chi connectivity index (χ2n) is 17.2. The maximum absolute atomic E-state index is 2.49. The van der Waals surface area contributed by atoms with Crippen molar-refractivity contribution < 1.29 is 0 Å². The fourth-order valence-corrected chi connectivity index (χ4v) is 12.1. The number of anilines is 3. The van der Waals surface area contributed by atoms with E-state index in [0.29, 0.717) is 0 Å². The number of nitrogens with zero attached hydrogens (tertiary/aromatic N) is 2. The van der Waals surface area contributed by atoms with E-state index in [1.165, 1.54) is 92.7 Å². The first kappa shape index (κ1) is 38.2. The number of rotatable bonds is 8. The van der Waals surface area contributed by atoms with E-state index in [2.05, 4.69) is 264 Å². The van der Waals surface area contributed by atoms with Crippen molar-refractivity contribution in [3.8, 4) is 44.5 Å². The van der Waals surface area contributed by atoms with Crippen LogP contribution in [0, 0.1) is 0 Å². The molecule has 66 heavy (non-hydrogen) atoms. The van der Waals surface area contributed by atoms with Crippen molar-refractivity contribution in [3.05, 3.63) is 277 Å². The third kappa shape index (κ3) is 5.87. The smallest absolute Gasteiger partial charge is 0.109 e. The van der Waals surface area contributed by atoms with Crippen LogP contribution < -0.4 is 4.90 Å². The van der Waals surface area contributed by atoms with Gasteiger partial charge in [0.05, 0.1) is 21.1 Å². The zero-order chi connectivity index (χ0) is 43.6. The molecular formula is C63H42N2S. The van der Waals surface area contributed by atoms with E-state index >= 15 is 0 Å². The summed E-state index contributed by atoms with van der Waals surface area (Å²) >= 11 is 1.88. The Morgan fingerprint density at radius 3 is 1.59 bits per heavy atom. The lowest BCUT2D eigenvalue weighted by molar-refractivity contribution is 0.769. The molecule has 1 aliphatic rings. The van der Waals surface area contributed by atoms with E-state index in [-0.39, 0.29) is 0 Å². The van der Waals surface area contributed by atoms with E-state index < -0.39 is 5.41 Å². The van der Waals surface area contributed by atoms with Gasteiger partial charge in [0.1, 0.15) is 4.83 Å². The molecule has 0 spiro atoms. The molecule has 0 atom stereocenters. The quantitative estimate of drug-likeness (QED) is 0.148. The van der Waals surface area contributed by atoms with Crippen LogP contribution in [0.15, 0.2) is 255 Å². The number of fused-ring (bicyclic) bond motifs is 8. The average Bonchev–Trinajstić information content (AvgIpc) is 4.03.